The molecule has 11 heavy (non-hydrogen) atoms. The Morgan fingerprint density at radius 1 is 1.45 bits per heavy atom. The summed E-state index contributed by atoms with van der Waals surface area (Å²) in [6, 6.07) is 0. The quantitative estimate of drug-likeness (QED) is 0.513. The molecule has 0 saturated heterocycles. The fourth-order valence-electron chi connectivity index (χ4n) is 2.43. The first kappa shape index (κ1) is 7.60. The van der Waals surface area contributed by atoms with Crippen LogP contribution in [-0.2, 0) is 4.79 Å². The van der Waals surface area contributed by atoms with E-state index in [9.17, 15) is 4.79 Å². The molecule has 2 saturated carbocycles. The van der Waals surface area contributed by atoms with Gasteiger partial charge in [-0.05, 0) is 23.7 Å². The van der Waals surface area contributed by atoms with Crippen molar-refractivity contribution in [2.45, 2.75) is 32.1 Å². The second-order valence-corrected chi connectivity index (χ2v) is 4.93. The van der Waals surface area contributed by atoms with Gasteiger partial charge in [-0.15, -0.1) is 11.6 Å². The van der Waals surface area contributed by atoms with Crippen LogP contribution < -0.4 is 0 Å². The van der Waals surface area contributed by atoms with Crippen LogP contribution in [0.1, 0.15) is 26.7 Å². The number of alkyl halides is 1. The van der Waals surface area contributed by atoms with Crippen LogP contribution in [0, 0.1) is 17.3 Å². The average molecular weight is 173 g/mol. The Balaban J connectivity index is 2.12. The molecule has 0 aliphatic heterocycles. The summed E-state index contributed by atoms with van der Waals surface area (Å²) in [4.78, 5) is 11.2. The fraction of sp³-hybridized carbons (Fsp3) is 0.889. The summed E-state index contributed by atoms with van der Waals surface area (Å²) in [6.07, 6.45) is 1.64. The molecule has 3 atom stereocenters. The molecule has 1 nitrogen and oxygen atoms in total. The third kappa shape index (κ3) is 0.936. The number of hydrogen-bond donors (Lipinski definition) is 0. The van der Waals surface area contributed by atoms with Gasteiger partial charge >= 0.3 is 0 Å². The van der Waals surface area contributed by atoms with E-state index in [0.717, 1.165) is 18.8 Å². The summed E-state index contributed by atoms with van der Waals surface area (Å²) in [5.41, 5.74) is 0.402. The van der Waals surface area contributed by atoms with Crippen molar-refractivity contribution in [2.24, 2.45) is 17.3 Å². The largest absolute Gasteiger partial charge is 0.298 e. The van der Waals surface area contributed by atoms with Crippen LogP contribution in [0.2, 0.25) is 0 Å². The van der Waals surface area contributed by atoms with Crippen LogP contribution in [0.15, 0.2) is 0 Å². The highest BCUT2D eigenvalue weighted by Crippen LogP contribution is 2.64. The highest BCUT2D eigenvalue weighted by Gasteiger charge is 2.60. The molecule has 0 spiro atoms. The Morgan fingerprint density at radius 2 is 2.09 bits per heavy atom. The number of halogens is 1. The predicted octanol–water partition coefficient (Wildman–Crippen LogP) is 2.23. The molecule has 0 radical (unpaired) electrons. The third-order valence-corrected chi connectivity index (χ3v) is 3.94. The Labute approximate surface area is 72.1 Å². The minimum absolute atomic E-state index is 0.182. The lowest BCUT2D eigenvalue weighted by Crippen LogP contribution is -2.20. The molecule has 2 aliphatic rings. The Morgan fingerprint density at radius 3 is 2.64 bits per heavy atom. The average Bonchev–Trinajstić information content (AvgIpc) is 2.39. The van der Waals surface area contributed by atoms with Crippen molar-refractivity contribution in [3.05, 3.63) is 0 Å². The molecule has 2 fully saturated rings. The molecule has 2 heteroatoms. The summed E-state index contributed by atoms with van der Waals surface area (Å²) >= 11 is 5.87. The molecule has 62 valence electrons. The van der Waals surface area contributed by atoms with E-state index < -0.39 is 0 Å². The number of hydrogen-bond acceptors (Lipinski definition) is 1. The Hall–Kier alpha value is -0.0400. The summed E-state index contributed by atoms with van der Waals surface area (Å²) < 4.78 is 0. The molecule has 2 aliphatic carbocycles. The van der Waals surface area contributed by atoms with Gasteiger partial charge < -0.3 is 0 Å². The Bertz CT molecular complexity index is 210. The van der Waals surface area contributed by atoms with E-state index in [0.29, 0.717) is 11.3 Å². The zero-order chi connectivity index (χ0) is 8.22. The van der Waals surface area contributed by atoms with Crippen molar-refractivity contribution in [3.63, 3.8) is 0 Å². The van der Waals surface area contributed by atoms with Crippen LogP contribution in [0.4, 0.5) is 0 Å². The smallest absolute Gasteiger partial charge is 0.150 e. The van der Waals surface area contributed by atoms with Crippen molar-refractivity contribution in [3.8, 4) is 0 Å². The van der Waals surface area contributed by atoms with Crippen molar-refractivity contribution < 1.29 is 4.79 Å². The van der Waals surface area contributed by atoms with E-state index in [1.54, 1.807) is 0 Å². The molecule has 2 rings (SSSR count). The molecule has 0 aromatic rings. The molecular weight excluding hydrogens is 160 g/mol. The normalized spacial score (nSPS) is 46.8. The van der Waals surface area contributed by atoms with Gasteiger partial charge in [0.05, 0.1) is 5.38 Å². The van der Waals surface area contributed by atoms with Gasteiger partial charge in [0.25, 0.3) is 0 Å². The van der Waals surface area contributed by atoms with Gasteiger partial charge in [0, 0.05) is 6.42 Å². The molecule has 0 N–H and O–H groups in total. The topological polar surface area (TPSA) is 17.1 Å². The molecular formula is C9H13ClO. The number of carbonyl (C=O) groups excluding carboxylic acids is 1. The summed E-state index contributed by atoms with van der Waals surface area (Å²) in [5.74, 6) is 1.63. The lowest BCUT2D eigenvalue weighted by atomic mass is 9.99. The minimum atomic E-state index is -0.182. The van der Waals surface area contributed by atoms with Crippen molar-refractivity contribution >= 4 is 17.4 Å². The maximum absolute atomic E-state index is 11.2. The highest BCUT2D eigenvalue weighted by molar-refractivity contribution is 6.31. The maximum atomic E-state index is 11.2. The first-order valence-corrected chi connectivity index (χ1v) is 4.64. The van der Waals surface area contributed by atoms with Crippen molar-refractivity contribution in [1.29, 1.82) is 0 Å². The van der Waals surface area contributed by atoms with Gasteiger partial charge in [-0.2, -0.15) is 0 Å². The van der Waals surface area contributed by atoms with Crippen LogP contribution in [-0.4, -0.2) is 11.2 Å². The monoisotopic (exact) mass is 172 g/mol. The fourth-order valence-corrected chi connectivity index (χ4v) is 2.71. The number of rotatable bonds is 0. The molecule has 0 amide bonds. The van der Waals surface area contributed by atoms with E-state index in [4.69, 9.17) is 11.6 Å². The number of ketones is 1. The van der Waals surface area contributed by atoms with Gasteiger partial charge in [-0.3, -0.25) is 4.79 Å². The standard InChI is InChI=1S/C9H13ClO/c1-9(2)5-3-7(10)8(11)4-6(5)9/h5-7H,3-4H2,1-2H3/t5?,6-,7+/m0/s1. The van der Waals surface area contributed by atoms with Crippen molar-refractivity contribution in [2.75, 3.05) is 0 Å². The van der Waals surface area contributed by atoms with E-state index in [-0.39, 0.29) is 11.2 Å². The molecule has 0 aromatic carbocycles. The molecule has 0 aromatic heterocycles. The van der Waals surface area contributed by atoms with E-state index >= 15 is 0 Å². The maximum Gasteiger partial charge on any atom is 0.150 e. The highest BCUT2D eigenvalue weighted by atomic mass is 35.5. The lowest BCUT2D eigenvalue weighted by Gasteiger charge is -2.12. The molecule has 1 unspecified atom stereocenters. The van der Waals surface area contributed by atoms with E-state index in [1.165, 1.54) is 0 Å². The second-order valence-electron chi connectivity index (χ2n) is 4.41. The van der Waals surface area contributed by atoms with E-state index in [2.05, 4.69) is 13.8 Å². The van der Waals surface area contributed by atoms with Gasteiger partial charge in [0.1, 0.15) is 0 Å². The van der Waals surface area contributed by atoms with Crippen LogP contribution in [0.3, 0.4) is 0 Å². The summed E-state index contributed by atoms with van der Waals surface area (Å²) in [6.45, 7) is 4.48. The van der Waals surface area contributed by atoms with Gasteiger partial charge in [-0.25, -0.2) is 0 Å². The van der Waals surface area contributed by atoms with Gasteiger partial charge in [0.2, 0.25) is 0 Å². The zero-order valence-electron chi connectivity index (χ0n) is 6.93. The number of carbonyl (C=O) groups is 1. The first-order valence-electron chi connectivity index (χ1n) is 4.20. The summed E-state index contributed by atoms with van der Waals surface area (Å²) in [7, 11) is 0. The molecule has 0 heterocycles. The Kier molecular flexibility index (Phi) is 1.39. The minimum Gasteiger partial charge on any atom is -0.298 e. The van der Waals surface area contributed by atoms with Gasteiger partial charge in [0.15, 0.2) is 5.78 Å². The van der Waals surface area contributed by atoms with E-state index in [1.807, 2.05) is 0 Å². The summed E-state index contributed by atoms with van der Waals surface area (Å²) in [5, 5.41) is -0.182. The number of Topliss-reactive ketones (excluding diaryl/α,β-unsaturated/α-hetero) is 1. The zero-order valence-corrected chi connectivity index (χ0v) is 7.69. The number of fused-ring (bicyclic) bond motifs is 1. The van der Waals surface area contributed by atoms with Gasteiger partial charge in [-0.1, -0.05) is 13.8 Å². The predicted molar refractivity (Wildman–Crippen MR) is 44.6 cm³/mol. The lowest BCUT2D eigenvalue weighted by molar-refractivity contribution is -0.120. The van der Waals surface area contributed by atoms with Crippen LogP contribution in [0.5, 0.6) is 0 Å². The first-order chi connectivity index (χ1) is 5.03. The third-order valence-electron chi connectivity index (χ3n) is 3.52. The SMILES string of the molecule is CC1(C)C2C[C@@H](Cl)C(=O)C[C@@H]21. The van der Waals surface area contributed by atoms with Crippen LogP contribution >= 0.6 is 11.6 Å². The second kappa shape index (κ2) is 2.01. The van der Waals surface area contributed by atoms with Crippen LogP contribution in [0.25, 0.3) is 0 Å². The van der Waals surface area contributed by atoms with Crippen molar-refractivity contribution in [1.82, 2.24) is 0 Å². The molecule has 0 bridgehead atoms.